The van der Waals surface area contributed by atoms with Crippen molar-refractivity contribution in [3.8, 4) is 23.0 Å². The quantitative estimate of drug-likeness (QED) is 0.0204. The SMILES string of the molecule is C=CC(=O)OCCCCCCOc1ccc(C(=O)Oc2ccc(OC(=O)c3ccc(OCCCCCCOC(=O)C(C)C)cc3)cc2C=NCc2nc3c(o2)C(C)CC=C3)cc1. The molecule has 0 fully saturated rings. The van der Waals surface area contributed by atoms with Gasteiger partial charge in [-0.3, -0.25) is 9.79 Å². The molecule has 1 aromatic heterocycles. The fourth-order valence-electron chi connectivity index (χ4n) is 6.19. The molecule has 13 heteroatoms. The molecule has 1 atom stereocenters. The molecule has 0 spiro atoms. The number of nitrogens with zero attached hydrogens (tertiary/aromatic N) is 2. The van der Waals surface area contributed by atoms with Gasteiger partial charge >= 0.3 is 23.9 Å². The number of oxazole rings is 1. The number of rotatable bonds is 25. The van der Waals surface area contributed by atoms with Gasteiger partial charge in [0.05, 0.1) is 43.5 Å². The van der Waals surface area contributed by atoms with Crippen molar-refractivity contribution in [3.63, 3.8) is 0 Å². The monoisotopic (exact) mass is 848 g/mol. The Labute approximate surface area is 363 Å². The van der Waals surface area contributed by atoms with Gasteiger partial charge < -0.3 is 32.8 Å². The molecular formula is C49H56N2O11. The number of fused-ring (bicyclic) bond motifs is 1. The molecule has 4 aromatic rings. The lowest BCUT2D eigenvalue weighted by Gasteiger charge is -2.11. The second-order valence-electron chi connectivity index (χ2n) is 15.1. The highest BCUT2D eigenvalue weighted by Crippen LogP contribution is 2.30. The van der Waals surface area contributed by atoms with Crippen molar-refractivity contribution in [3.05, 3.63) is 119 Å². The van der Waals surface area contributed by atoms with E-state index in [1.165, 1.54) is 6.21 Å². The first-order valence-electron chi connectivity index (χ1n) is 21.3. The molecule has 62 heavy (non-hydrogen) atoms. The van der Waals surface area contributed by atoms with Crippen LogP contribution in [0, 0.1) is 5.92 Å². The van der Waals surface area contributed by atoms with Crippen molar-refractivity contribution in [2.24, 2.45) is 10.9 Å². The molecule has 0 N–H and O–H groups in total. The number of allylic oxidation sites excluding steroid dienone is 1. The molecule has 13 nitrogen and oxygen atoms in total. The summed E-state index contributed by atoms with van der Waals surface area (Å²) < 4.78 is 39.4. The first-order valence-corrected chi connectivity index (χ1v) is 21.3. The van der Waals surface area contributed by atoms with Crippen LogP contribution in [0.4, 0.5) is 0 Å². The average molecular weight is 849 g/mol. The van der Waals surface area contributed by atoms with Gasteiger partial charge in [-0.05, 0) is 131 Å². The second-order valence-corrected chi connectivity index (χ2v) is 15.1. The molecular weight excluding hydrogens is 793 g/mol. The Hall–Kier alpha value is -6.50. The van der Waals surface area contributed by atoms with Crippen LogP contribution in [0.3, 0.4) is 0 Å². The first kappa shape index (κ1) is 46.6. The highest BCUT2D eigenvalue weighted by atomic mass is 16.5. The minimum atomic E-state index is -0.596. The number of unbranched alkanes of at least 4 members (excludes halogenated alkanes) is 6. The molecule has 0 bridgehead atoms. The summed E-state index contributed by atoms with van der Waals surface area (Å²) in [6.07, 6.45) is 14.5. The van der Waals surface area contributed by atoms with Crippen LogP contribution in [-0.4, -0.2) is 61.5 Å². The molecule has 0 saturated carbocycles. The number of ether oxygens (including phenoxy) is 6. The molecule has 0 saturated heterocycles. The largest absolute Gasteiger partial charge is 0.494 e. The number of carbonyl (C=O) groups excluding carboxylic acids is 4. The number of benzene rings is 3. The molecule has 1 aliphatic rings. The third-order valence-corrected chi connectivity index (χ3v) is 9.71. The van der Waals surface area contributed by atoms with Gasteiger partial charge in [0.25, 0.3) is 0 Å². The van der Waals surface area contributed by atoms with E-state index in [0.717, 1.165) is 75.3 Å². The molecule has 1 aliphatic carbocycles. The van der Waals surface area contributed by atoms with Crippen LogP contribution in [0.2, 0.25) is 0 Å². The Bertz CT molecular complexity index is 2150. The van der Waals surface area contributed by atoms with Gasteiger partial charge in [0.15, 0.2) is 0 Å². The normalized spacial score (nSPS) is 13.1. The zero-order valence-corrected chi connectivity index (χ0v) is 35.8. The van der Waals surface area contributed by atoms with Crippen molar-refractivity contribution in [1.82, 2.24) is 4.98 Å². The van der Waals surface area contributed by atoms with Crippen LogP contribution in [0.5, 0.6) is 23.0 Å². The zero-order valence-electron chi connectivity index (χ0n) is 35.8. The van der Waals surface area contributed by atoms with Gasteiger partial charge in [0.2, 0.25) is 5.89 Å². The van der Waals surface area contributed by atoms with E-state index < -0.39 is 17.9 Å². The van der Waals surface area contributed by atoms with Crippen molar-refractivity contribution < 1.29 is 52.0 Å². The molecule has 1 unspecified atom stereocenters. The van der Waals surface area contributed by atoms with E-state index in [-0.39, 0.29) is 35.8 Å². The van der Waals surface area contributed by atoms with E-state index in [4.69, 9.17) is 32.8 Å². The van der Waals surface area contributed by atoms with E-state index in [1.54, 1.807) is 66.7 Å². The lowest BCUT2D eigenvalue weighted by molar-refractivity contribution is -0.147. The third-order valence-electron chi connectivity index (χ3n) is 9.71. The minimum absolute atomic E-state index is 0.119. The van der Waals surface area contributed by atoms with Crippen molar-refractivity contribution in [1.29, 1.82) is 0 Å². The number of aliphatic imine (C=N–C) groups is 1. The summed E-state index contributed by atoms with van der Waals surface area (Å²) in [5.41, 5.74) is 1.83. The van der Waals surface area contributed by atoms with Crippen LogP contribution in [0.25, 0.3) is 6.08 Å². The van der Waals surface area contributed by atoms with Gasteiger partial charge in [-0.1, -0.05) is 33.4 Å². The Balaban J connectivity index is 1.15. The maximum Gasteiger partial charge on any atom is 0.343 e. The smallest absolute Gasteiger partial charge is 0.343 e. The van der Waals surface area contributed by atoms with E-state index in [0.29, 0.717) is 60.5 Å². The van der Waals surface area contributed by atoms with Crippen LogP contribution in [0.1, 0.15) is 128 Å². The lowest BCUT2D eigenvalue weighted by atomic mass is 9.98. The van der Waals surface area contributed by atoms with Gasteiger partial charge in [-0.2, -0.15) is 0 Å². The number of hydrogen-bond acceptors (Lipinski definition) is 13. The molecule has 5 rings (SSSR count). The number of esters is 4. The predicted molar refractivity (Wildman–Crippen MR) is 234 cm³/mol. The molecule has 0 aliphatic heterocycles. The van der Waals surface area contributed by atoms with Crippen LogP contribution < -0.4 is 18.9 Å². The van der Waals surface area contributed by atoms with Crippen molar-refractivity contribution in [2.45, 2.75) is 91.0 Å². The van der Waals surface area contributed by atoms with E-state index in [9.17, 15) is 19.2 Å². The lowest BCUT2D eigenvalue weighted by Crippen LogP contribution is -2.12. The number of aromatic nitrogens is 1. The fourth-order valence-corrected chi connectivity index (χ4v) is 6.19. The summed E-state index contributed by atoms with van der Waals surface area (Å²) in [5.74, 6) is 1.29. The van der Waals surface area contributed by atoms with Gasteiger partial charge in [0.1, 0.15) is 41.0 Å². The first-order chi connectivity index (χ1) is 30.1. The van der Waals surface area contributed by atoms with E-state index in [1.807, 2.05) is 19.9 Å². The Morgan fingerprint density at radius 1 is 0.758 bits per heavy atom. The predicted octanol–water partition coefficient (Wildman–Crippen LogP) is 10.1. The maximum absolute atomic E-state index is 13.3. The number of carbonyl (C=O) groups is 4. The third kappa shape index (κ3) is 15.2. The average Bonchev–Trinajstić information content (AvgIpc) is 3.70. The van der Waals surface area contributed by atoms with Gasteiger partial charge in [0, 0.05) is 23.8 Å². The second kappa shape index (κ2) is 24.7. The molecule has 1 heterocycles. The van der Waals surface area contributed by atoms with Crippen LogP contribution >= 0.6 is 0 Å². The van der Waals surface area contributed by atoms with E-state index >= 15 is 0 Å². The summed E-state index contributed by atoms with van der Waals surface area (Å²) >= 11 is 0. The van der Waals surface area contributed by atoms with Crippen LogP contribution in [-0.2, 0) is 25.6 Å². The molecule has 328 valence electrons. The minimum Gasteiger partial charge on any atom is -0.494 e. The summed E-state index contributed by atoms with van der Waals surface area (Å²) in [4.78, 5) is 58.3. The van der Waals surface area contributed by atoms with Crippen molar-refractivity contribution >= 4 is 36.2 Å². The maximum atomic E-state index is 13.3. The highest BCUT2D eigenvalue weighted by molar-refractivity contribution is 5.94. The Kier molecular flexibility index (Phi) is 18.5. The number of hydrogen-bond donors (Lipinski definition) is 0. The van der Waals surface area contributed by atoms with Crippen LogP contribution in [0.15, 0.2) is 94.9 Å². The fraction of sp³-hybridized carbons (Fsp3) is 0.388. The Morgan fingerprint density at radius 2 is 1.32 bits per heavy atom. The van der Waals surface area contributed by atoms with Gasteiger partial charge in [-0.25, -0.2) is 19.4 Å². The van der Waals surface area contributed by atoms with Gasteiger partial charge in [-0.15, -0.1) is 0 Å². The highest BCUT2D eigenvalue weighted by Gasteiger charge is 2.20. The molecule has 0 amide bonds. The topological polar surface area (TPSA) is 162 Å². The Morgan fingerprint density at radius 3 is 1.90 bits per heavy atom. The molecule has 0 radical (unpaired) electrons. The summed E-state index contributed by atoms with van der Waals surface area (Å²) in [5, 5.41) is 0. The standard InChI is InChI=1S/C49H56N2O11/c1-5-45(52)58-29-12-8-6-10-27-57-40-23-19-37(20-24-40)49(55)61-43-26-25-41(31-38(43)32-50-33-44-51-42-16-14-15-35(4)46(42)62-44)60-48(54)36-17-21-39(22-18-36)56-28-11-7-9-13-30-59-47(53)34(2)3/h5,14,16-26,31-32,34-35H,1,6-13,15,27-30,33H2,2-4H3. The van der Waals surface area contributed by atoms with Crippen molar-refractivity contribution in [2.75, 3.05) is 26.4 Å². The summed E-state index contributed by atoms with van der Waals surface area (Å²) in [6, 6.07) is 18.1. The zero-order chi connectivity index (χ0) is 44.1. The summed E-state index contributed by atoms with van der Waals surface area (Å²) in [7, 11) is 0. The molecule has 3 aromatic carbocycles. The van der Waals surface area contributed by atoms with E-state index in [2.05, 4.69) is 29.6 Å². The summed E-state index contributed by atoms with van der Waals surface area (Å²) in [6.45, 7) is 11.1.